The van der Waals surface area contributed by atoms with Crippen molar-refractivity contribution in [1.82, 2.24) is 10.2 Å². The number of carbonyl (C=O) groups is 1. The lowest BCUT2D eigenvalue weighted by Gasteiger charge is -2.33. The Bertz CT molecular complexity index is 545. The molecular formula is C17H24Cl2N2O2. The van der Waals surface area contributed by atoms with E-state index in [4.69, 9.17) is 27.9 Å². The van der Waals surface area contributed by atoms with Crippen LogP contribution < -0.4 is 5.32 Å². The van der Waals surface area contributed by atoms with Crippen LogP contribution in [0.15, 0.2) is 18.2 Å². The van der Waals surface area contributed by atoms with Crippen molar-refractivity contribution in [3.05, 3.63) is 33.8 Å². The molecule has 1 saturated heterocycles. The molecule has 0 aromatic heterocycles. The van der Waals surface area contributed by atoms with E-state index in [9.17, 15) is 4.79 Å². The van der Waals surface area contributed by atoms with Crippen LogP contribution in [0.25, 0.3) is 0 Å². The SMILES string of the molecule is CCN(Cc1ccc(Cl)c(Cl)c1)C(=O)C1(CCOC)CCNC1. The number of carbonyl (C=O) groups excluding carboxylic acids is 1. The molecule has 23 heavy (non-hydrogen) atoms. The number of nitrogens with one attached hydrogen (secondary N) is 1. The predicted molar refractivity (Wildman–Crippen MR) is 94.0 cm³/mol. The quantitative estimate of drug-likeness (QED) is 0.812. The Morgan fingerprint density at radius 3 is 2.74 bits per heavy atom. The van der Waals surface area contributed by atoms with Gasteiger partial charge in [-0.2, -0.15) is 0 Å². The van der Waals surface area contributed by atoms with Gasteiger partial charge in [0.25, 0.3) is 0 Å². The highest BCUT2D eigenvalue weighted by Gasteiger charge is 2.42. The van der Waals surface area contributed by atoms with Gasteiger partial charge < -0.3 is 15.0 Å². The first-order valence-corrected chi connectivity index (χ1v) is 8.71. The normalized spacial score (nSPS) is 20.7. The topological polar surface area (TPSA) is 41.6 Å². The van der Waals surface area contributed by atoms with E-state index >= 15 is 0 Å². The zero-order chi connectivity index (χ0) is 16.9. The molecule has 0 saturated carbocycles. The molecule has 1 heterocycles. The van der Waals surface area contributed by atoms with Gasteiger partial charge in [-0.15, -0.1) is 0 Å². The van der Waals surface area contributed by atoms with Crippen LogP contribution in [0.2, 0.25) is 10.0 Å². The third-order valence-electron chi connectivity index (χ3n) is 4.51. The molecule has 1 N–H and O–H groups in total. The highest BCUT2D eigenvalue weighted by molar-refractivity contribution is 6.42. The first-order chi connectivity index (χ1) is 11.0. The predicted octanol–water partition coefficient (Wildman–Crippen LogP) is 3.36. The minimum absolute atomic E-state index is 0.188. The summed E-state index contributed by atoms with van der Waals surface area (Å²) >= 11 is 12.0. The Kier molecular flexibility index (Phi) is 6.72. The fraction of sp³-hybridized carbons (Fsp3) is 0.588. The highest BCUT2D eigenvalue weighted by atomic mass is 35.5. The van der Waals surface area contributed by atoms with E-state index in [0.29, 0.717) is 36.3 Å². The van der Waals surface area contributed by atoms with Gasteiger partial charge in [-0.05, 0) is 44.0 Å². The lowest BCUT2D eigenvalue weighted by atomic mass is 9.82. The third kappa shape index (κ3) is 4.38. The fourth-order valence-electron chi connectivity index (χ4n) is 3.07. The molecular weight excluding hydrogens is 335 g/mol. The summed E-state index contributed by atoms with van der Waals surface area (Å²) < 4.78 is 5.21. The maximum Gasteiger partial charge on any atom is 0.230 e. The van der Waals surface area contributed by atoms with Crippen molar-refractivity contribution in [2.45, 2.75) is 26.3 Å². The summed E-state index contributed by atoms with van der Waals surface area (Å²) in [5.74, 6) is 0.188. The first-order valence-electron chi connectivity index (χ1n) is 7.95. The zero-order valence-corrected chi connectivity index (χ0v) is 15.2. The van der Waals surface area contributed by atoms with Crippen molar-refractivity contribution in [1.29, 1.82) is 0 Å². The zero-order valence-electron chi connectivity index (χ0n) is 13.7. The Hall–Kier alpha value is -0.810. The van der Waals surface area contributed by atoms with E-state index in [1.807, 2.05) is 24.0 Å². The molecule has 4 nitrogen and oxygen atoms in total. The second kappa shape index (κ2) is 8.34. The smallest absolute Gasteiger partial charge is 0.230 e. The molecule has 1 aromatic rings. The summed E-state index contributed by atoms with van der Waals surface area (Å²) in [6, 6.07) is 5.52. The van der Waals surface area contributed by atoms with Gasteiger partial charge in [-0.1, -0.05) is 29.3 Å². The second-order valence-electron chi connectivity index (χ2n) is 6.02. The van der Waals surface area contributed by atoms with Crippen LogP contribution in [-0.2, 0) is 16.1 Å². The molecule has 6 heteroatoms. The summed E-state index contributed by atoms with van der Waals surface area (Å²) in [5.41, 5.74) is 0.629. The van der Waals surface area contributed by atoms with Crippen molar-refractivity contribution < 1.29 is 9.53 Å². The van der Waals surface area contributed by atoms with E-state index in [-0.39, 0.29) is 11.3 Å². The van der Waals surface area contributed by atoms with E-state index in [2.05, 4.69) is 5.32 Å². The lowest BCUT2D eigenvalue weighted by Crippen LogP contribution is -2.45. The number of amides is 1. The van der Waals surface area contributed by atoms with Crippen molar-refractivity contribution in [2.75, 3.05) is 33.4 Å². The summed E-state index contributed by atoms with van der Waals surface area (Å²) in [7, 11) is 1.67. The summed E-state index contributed by atoms with van der Waals surface area (Å²) in [5, 5.41) is 4.37. The van der Waals surface area contributed by atoms with Gasteiger partial charge in [0.05, 0.1) is 15.5 Å². The van der Waals surface area contributed by atoms with Gasteiger partial charge in [-0.25, -0.2) is 0 Å². The van der Waals surface area contributed by atoms with Crippen LogP contribution in [0, 0.1) is 5.41 Å². The van der Waals surface area contributed by atoms with Crippen LogP contribution in [-0.4, -0.2) is 44.2 Å². The monoisotopic (exact) mass is 358 g/mol. The standard InChI is InChI=1S/C17H24Cl2N2O2/c1-3-21(11-13-4-5-14(18)15(19)10-13)16(22)17(7-9-23-2)6-8-20-12-17/h4-5,10,20H,3,6-9,11-12H2,1-2H3. The number of methoxy groups -OCH3 is 1. The lowest BCUT2D eigenvalue weighted by molar-refractivity contribution is -0.142. The first kappa shape index (κ1) is 18.5. The molecule has 1 fully saturated rings. The van der Waals surface area contributed by atoms with Crippen LogP contribution >= 0.6 is 23.2 Å². The number of ether oxygens (including phenoxy) is 1. The van der Waals surface area contributed by atoms with Crippen molar-refractivity contribution >= 4 is 29.1 Å². The van der Waals surface area contributed by atoms with Crippen molar-refractivity contribution in [3.63, 3.8) is 0 Å². The van der Waals surface area contributed by atoms with Crippen molar-refractivity contribution in [2.24, 2.45) is 5.41 Å². The molecule has 0 spiro atoms. The largest absolute Gasteiger partial charge is 0.385 e. The number of hydrogen-bond donors (Lipinski definition) is 1. The summed E-state index contributed by atoms with van der Waals surface area (Å²) in [6.45, 7) is 5.39. The molecule has 128 valence electrons. The van der Waals surface area contributed by atoms with Gasteiger partial charge in [-0.3, -0.25) is 4.79 Å². The van der Waals surface area contributed by atoms with E-state index in [1.54, 1.807) is 13.2 Å². The molecule has 2 rings (SSSR count). The molecule has 1 unspecified atom stereocenters. The summed E-state index contributed by atoms with van der Waals surface area (Å²) in [6.07, 6.45) is 1.60. The fourth-order valence-corrected chi connectivity index (χ4v) is 3.39. The van der Waals surface area contributed by atoms with Crippen LogP contribution in [0.4, 0.5) is 0 Å². The molecule has 1 aromatic carbocycles. The number of benzene rings is 1. The Morgan fingerprint density at radius 2 is 2.17 bits per heavy atom. The molecule has 1 amide bonds. The number of rotatable bonds is 7. The van der Waals surface area contributed by atoms with Crippen LogP contribution in [0.5, 0.6) is 0 Å². The number of hydrogen-bond acceptors (Lipinski definition) is 3. The Labute approximate surface area is 148 Å². The molecule has 1 atom stereocenters. The van der Waals surface area contributed by atoms with Gasteiger partial charge in [0.2, 0.25) is 5.91 Å². The molecule has 1 aliphatic rings. The van der Waals surface area contributed by atoms with Gasteiger partial charge >= 0.3 is 0 Å². The van der Waals surface area contributed by atoms with E-state index in [0.717, 1.165) is 24.9 Å². The minimum Gasteiger partial charge on any atom is -0.385 e. The van der Waals surface area contributed by atoms with Crippen LogP contribution in [0.1, 0.15) is 25.3 Å². The molecule has 1 aliphatic heterocycles. The van der Waals surface area contributed by atoms with Gasteiger partial charge in [0, 0.05) is 33.4 Å². The Balaban J connectivity index is 2.14. The van der Waals surface area contributed by atoms with Gasteiger partial charge in [0.1, 0.15) is 0 Å². The maximum absolute atomic E-state index is 13.1. The molecule has 0 radical (unpaired) electrons. The van der Waals surface area contributed by atoms with Gasteiger partial charge in [0.15, 0.2) is 0 Å². The average molecular weight is 359 g/mol. The van der Waals surface area contributed by atoms with E-state index in [1.165, 1.54) is 0 Å². The second-order valence-corrected chi connectivity index (χ2v) is 6.83. The maximum atomic E-state index is 13.1. The van der Waals surface area contributed by atoms with Crippen LogP contribution in [0.3, 0.4) is 0 Å². The average Bonchev–Trinajstić information content (AvgIpc) is 3.03. The summed E-state index contributed by atoms with van der Waals surface area (Å²) in [4.78, 5) is 15.0. The highest BCUT2D eigenvalue weighted by Crippen LogP contribution is 2.33. The minimum atomic E-state index is -0.359. The number of nitrogens with zero attached hydrogens (tertiary/aromatic N) is 1. The third-order valence-corrected chi connectivity index (χ3v) is 5.25. The van der Waals surface area contributed by atoms with E-state index < -0.39 is 0 Å². The Morgan fingerprint density at radius 1 is 1.39 bits per heavy atom. The number of halogens is 2. The van der Waals surface area contributed by atoms with Crippen molar-refractivity contribution in [3.8, 4) is 0 Å². The molecule has 0 bridgehead atoms. The molecule has 0 aliphatic carbocycles.